The van der Waals surface area contributed by atoms with E-state index in [-0.39, 0.29) is 5.54 Å². The molecule has 1 aromatic rings. The van der Waals surface area contributed by atoms with Crippen molar-refractivity contribution in [1.29, 1.82) is 0 Å². The van der Waals surface area contributed by atoms with E-state index in [9.17, 15) is 0 Å². The predicted molar refractivity (Wildman–Crippen MR) is 83.6 cm³/mol. The van der Waals surface area contributed by atoms with E-state index >= 15 is 0 Å². The number of hydrogen-bond donors (Lipinski definition) is 1. The monoisotopic (exact) mass is 260 g/mol. The van der Waals surface area contributed by atoms with Crippen LogP contribution in [-0.4, -0.2) is 18.6 Å². The first-order chi connectivity index (χ1) is 8.96. The zero-order valence-electron chi connectivity index (χ0n) is 12.8. The molecular weight excluding hydrogens is 232 g/mol. The van der Waals surface area contributed by atoms with Gasteiger partial charge in [-0.15, -0.1) is 0 Å². The van der Waals surface area contributed by atoms with Crippen molar-refractivity contribution in [3.8, 4) is 0 Å². The van der Waals surface area contributed by atoms with Crippen molar-refractivity contribution >= 4 is 5.69 Å². The van der Waals surface area contributed by atoms with Gasteiger partial charge in [-0.2, -0.15) is 0 Å². The van der Waals surface area contributed by atoms with Crippen LogP contribution in [0, 0.1) is 11.8 Å². The smallest absolute Gasteiger partial charge is 0.0498 e. The third kappa shape index (κ3) is 2.94. The summed E-state index contributed by atoms with van der Waals surface area (Å²) in [4.78, 5) is 2.57. The molecule has 1 aromatic carbocycles. The van der Waals surface area contributed by atoms with Gasteiger partial charge in [0.1, 0.15) is 0 Å². The lowest BCUT2D eigenvalue weighted by Gasteiger charge is -2.48. The number of nitrogens with two attached hydrogens (primary N) is 1. The molecule has 1 aliphatic heterocycles. The fourth-order valence-corrected chi connectivity index (χ4v) is 3.49. The summed E-state index contributed by atoms with van der Waals surface area (Å²) >= 11 is 0. The van der Waals surface area contributed by atoms with Gasteiger partial charge in [-0.1, -0.05) is 39.0 Å². The van der Waals surface area contributed by atoms with E-state index < -0.39 is 0 Å². The molecule has 1 aliphatic rings. The second-order valence-electron chi connectivity index (χ2n) is 6.85. The van der Waals surface area contributed by atoms with E-state index in [1.807, 2.05) is 0 Å². The molecule has 0 aliphatic carbocycles. The van der Waals surface area contributed by atoms with Crippen molar-refractivity contribution < 1.29 is 0 Å². The van der Waals surface area contributed by atoms with E-state index in [0.717, 1.165) is 13.0 Å². The zero-order valence-corrected chi connectivity index (χ0v) is 12.8. The normalized spacial score (nSPS) is 22.2. The summed E-state index contributed by atoms with van der Waals surface area (Å²) in [5.41, 5.74) is 9.09. The predicted octanol–water partition coefficient (Wildman–Crippen LogP) is 3.45. The van der Waals surface area contributed by atoms with Crippen LogP contribution in [-0.2, 0) is 6.42 Å². The molecule has 2 rings (SSSR count). The van der Waals surface area contributed by atoms with Gasteiger partial charge in [-0.05, 0) is 43.2 Å². The van der Waals surface area contributed by atoms with Gasteiger partial charge in [0.05, 0.1) is 0 Å². The minimum atomic E-state index is 0.0684. The van der Waals surface area contributed by atoms with Crippen molar-refractivity contribution in [1.82, 2.24) is 0 Å². The van der Waals surface area contributed by atoms with E-state index in [1.165, 1.54) is 17.7 Å². The third-order valence-corrected chi connectivity index (χ3v) is 4.28. The third-order valence-electron chi connectivity index (χ3n) is 4.28. The van der Waals surface area contributed by atoms with Gasteiger partial charge in [0.2, 0.25) is 0 Å². The molecule has 2 nitrogen and oxygen atoms in total. The standard InChI is InChI=1S/C17H28N2/c1-13(2)10-17(4,12-18)19-11-14(3)9-15-7-5-6-8-16(15)19/h5-8,13-14H,9-12,18H2,1-4H3. The Morgan fingerprint density at radius 2 is 2.05 bits per heavy atom. The molecular formula is C17H28N2. The molecule has 106 valence electrons. The van der Waals surface area contributed by atoms with Crippen molar-refractivity contribution in [2.45, 2.75) is 46.1 Å². The molecule has 1 heterocycles. The van der Waals surface area contributed by atoms with Crippen LogP contribution in [0.3, 0.4) is 0 Å². The van der Waals surface area contributed by atoms with Crippen molar-refractivity contribution in [2.24, 2.45) is 17.6 Å². The summed E-state index contributed by atoms with van der Waals surface area (Å²) in [5, 5.41) is 0. The van der Waals surface area contributed by atoms with Crippen molar-refractivity contribution in [2.75, 3.05) is 18.0 Å². The topological polar surface area (TPSA) is 29.3 Å². The molecule has 0 fully saturated rings. The quantitative estimate of drug-likeness (QED) is 0.898. The summed E-state index contributed by atoms with van der Waals surface area (Å²) in [6, 6.07) is 8.82. The fourth-order valence-electron chi connectivity index (χ4n) is 3.49. The summed E-state index contributed by atoms with van der Waals surface area (Å²) in [7, 11) is 0. The van der Waals surface area contributed by atoms with Crippen LogP contribution >= 0.6 is 0 Å². The largest absolute Gasteiger partial charge is 0.364 e. The molecule has 2 unspecified atom stereocenters. The molecule has 0 radical (unpaired) electrons. The highest BCUT2D eigenvalue weighted by molar-refractivity contribution is 5.57. The lowest BCUT2D eigenvalue weighted by Crippen LogP contribution is -2.55. The van der Waals surface area contributed by atoms with Gasteiger partial charge in [0.15, 0.2) is 0 Å². The van der Waals surface area contributed by atoms with Gasteiger partial charge < -0.3 is 10.6 Å². The fraction of sp³-hybridized carbons (Fsp3) is 0.647. The summed E-state index contributed by atoms with van der Waals surface area (Å²) in [5.74, 6) is 1.37. The Hall–Kier alpha value is -1.02. The second-order valence-corrected chi connectivity index (χ2v) is 6.85. The highest BCUT2D eigenvalue weighted by atomic mass is 15.2. The first-order valence-electron chi connectivity index (χ1n) is 7.52. The number of benzene rings is 1. The Balaban J connectivity index is 2.38. The van der Waals surface area contributed by atoms with Crippen LogP contribution in [0.1, 0.15) is 39.7 Å². The summed E-state index contributed by atoms with van der Waals surface area (Å²) in [6.07, 6.45) is 2.33. The Bertz CT molecular complexity index is 427. The van der Waals surface area contributed by atoms with Gasteiger partial charge in [-0.3, -0.25) is 0 Å². The first-order valence-corrected chi connectivity index (χ1v) is 7.52. The van der Waals surface area contributed by atoms with E-state index in [0.29, 0.717) is 18.4 Å². The van der Waals surface area contributed by atoms with Crippen LogP contribution in [0.2, 0.25) is 0 Å². The van der Waals surface area contributed by atoms with Gasteiger partial charge in [0, 0.05) is 24.3 Å². The molecule has 2 N–H and O–H groups in total. The minimum absolute atomic E-state index is 0.0684. The Morgan fingerprint density at radius 1 is 1.37 bits per heavy atom. The van der Waals surface area contributed by atoms with Crippen LogP contribution < -0.4 is 10.6 Å². The Morgan fingerprint density at radius 3 is 2.68 bits per heavy atom. The average Bonchev–Trinajstić information content (AvgIpc) is 2.36. The van der Waals surface area contributed by atoms with Crippen molar-refractivity contribution in [3.63, 3.8) is 0 Å². The summed E-state index contributed by atoms with van der Waals surface area (Å²) in [6.45, 7) is 11.1. The molecule has 0 amide bonds. The molecule has 0 bridgehead atoms. The number of nitrogens with zero attached hydrogens (tertiary/aromatic N) is 1. The molecule has 0 saturated carbocycles. The minimum Gasteiger partial charge on any atom is -0.364 e. The molecule has 0 saturated heterocycles. The number of para-hydroxylation sites is 1. The molecule has 2 heteroatoms. The molecule has 2 atom stereocenters. The molecule has 0 spiro atoms. The SMILES string of the molecule is CC(C)CC(C)(CN)N1CC(C)Cc2ccccc21. The van der Waals surface area contributed by atoms with Gasteiger partial charge in [0.25, 0.3) is 0 Å². The maximum absolute atomic E-state index is 6.15. The number of hydrogen-bond acceptors (Lipinski definition) is 2. The van der Waals surface area contributed by atoms with E-state index in [1.54, 1.807) is 0 Å². The Kier molecular flexibility index (Phi) is 4.19. The van der Waals surface area contributed by atoms with Crippen molar-refractivity contribution in [3.05, 3.63) is 29.8 Å². The maximum Gasteiger partial charge on any atom is 0.0498 e. The maximum atomic E-state index is 6.15. The number of anilines is 1. The second kappa shape index (κ2) is 5.54. The summed E-state index contributed by atoms with van der Waals surface area (Å²) < 4.78 is 0. The number of rotatable bonds is 4. The first kappa shape index (κ1) is 14.4. The molecule has 19 heavy (non-hydrogen) atoms. The van der Waals surface area contributed by atoms with Crippen LogP contribution in [0.25, 0.3) is 0 Å². The lowest BCUT2D eigenvalue weighted by atomic mass is 9.84. The molecule has 0 aromatic heterocycles. The lowest BCUT2D eigenvalue weighted by molar-refractivity contribution is 0.324. The Labute approximate surface area is 118 Å². The average molecular weight is 260 g/mol. The van der Waals surface area contributed by atoms with Crippen LogP contribution in [0.5, 0.6) is 0 Å². The van der Waals surface area contributed by atoms with Gasteiger partial charge >= 0.3 is 0 Å². The van der Waals surface area contributed by atoms with E-state index in [2.05, 4.69) is 56.9 Å². The van der Waals surface area contributed by atoms with Crippen LogP contribution in [0.15, 0.2) is 24.3 Å². The van der Waals surface area contributed by atoms with Crippen LogP contribution in [0.4, 0.5) is 5.69 Å². The highest BCUT2D eigenvalue weighted by Crippen LogP contribution is 2.36. The van der Waals surface area contributed by atoms with Gasteiger partial charge in [-0.25, -0.2) is 0 Å². The van der Waals surface area contributed by atoms with E-state index in [4.69, 9.17) is 5.73 Å². The highest BCUT2D eigenvalue weighted by Gasteiger charge is 2.35. The number of fused-ring (bicyclic) bond motifs is 1. The zero-order chi connectivity index (χ0) is 14.0.